The van der Waals surface area contributed by atoms with E-state index in [1.165, 1.54) is 11.3 Å². The van der Waals surface area contributed by atoms with E-state index in [2.05, 4.69) is 4.99 Å². The van der Waals surface area contributed by atoms with Crippen LogP contribution < -0.4 is 9.54 Å². The molecule has 0 aliphatic carbocycles. The summed E-state index contributed by atoms with van der Waals surface area (Å²) in [5.41, 5.74) is 1.49. The van der Waals surface area contributed by atoms with Crippen molar-refractivity contribution >= 4 is 39.1 Å². The second-order valence-corrected chi connectivity index (χ2v) is 6.38. The summed E-state index contributed by atoms with van der Waals surface area (Å²) < 4.78 is 8.44. The number of aryl methyl sites for hydroxylation is 1. The number of nitrogens with zero attached hydrogens (tertiary/aromatic N) is 2. The summed E-state index contributed by atoms with van der Waals surface area (Å²) in [4.78, 5) is 17.2. The lowest BCUT2D eigenvalue weighted by Crippen LogP contribution is -2.13. The molecule has 2 aromatic carbocycles. The molecular weight excluding hydrogens is 332 g/mol. The number of aromatic nitrogens is 1. The zero-order valence-electron chi connectivity index (χ0n) is 12.7. The van der Waals surface area contributed by atoms with Crippen LogP contribution in [0.4, 0.5) is 0 Å². The van der Waals surface area contributed by atoms with Crippen molar-refractivity contribution in [2.75, 3.05) is 6.61 Å². The summed E-state index contributed by atoms with van der Waals surface area (Å²) in [6.45, 7) is 2.57. The van der Waals surface area contributed by atoms with Crippen molar-refractivity contribution in [3.05, 3.63) is 57.9 Å². The van der Waals surface area contributed by atoms with Gasteiger partial charge in [-0.1, -0.05) is 29.0 Å². The van der Waals surface area contributed by atoms with Crippen LogP contribution in [0, 0.1) is 0 Å². The van der Waals surface area contributed by atoms with Crippen molar-refractivity contribution in [3.8, 4) is 5.75 Å². The molecule has 118 valence electrons. The Kier molecular flexibility index (Phi) is 4.50. The third-order valence-electron chi connectivity index (χ3n) is 3.36. The van der Waals surface area contributed by atoms with Crippen LogP contribution in [-0.2, 0) is 7.05 Å². The van der Waals surface area contributed by atoms with Crippen LogP contribution in [0.15, 0.2) is 47.5 Å². The van der Waals surface area contributed by atoms with E-state index >= 15 is 0 Å². The molecule has 0 aliphatic rings. The SMILES string of the molecule is CCOc1ccc2c(c1)sc(=NC(=O)c1cccc(Cl)c1)n2C. The molecule has 3 rings (SSSR count). The molecule has 23 heavy (non-hydrogen) atoms. The van der Waals surface area contributed by atoms with Gasteiger partial charge in [0.2, 0.25) is 0 Å². The van der Waals surface area contributed by atoms with E-state index in [9.17, 15) is 4.79 Å². The van der Waals surface area contributed by atoms with E-state index < -0.39 is 0 Å². The molecule has 3 aromatic rings. The largest absolute Gasteiger partial charge is 0.494 e. The van der Waals surface area contributed by atoms with Gasteiger partial charge in [0.1, 0.15) is 5.75 Å². The molecule has 0 radical (unpaired) electrons. The third kappa shape index (κ3) is 3.30. The van der Waals surface area contributed by atoms with Gasteiger partial charge in [0.25, 0.3) is 5.91 Å². The van der Waals surface area contributed by atoms with Gasteiger partial charge in [0, 0.05) is 17.6 Å². The number of hydrogen-bond acceptors (Lipinski definition) is 3. The zero-order chi connectivity index (χ0) is 16.4. The van der Waals surface area contributed by atoms with Crippen LogP contribution in [0.25, 0.3) is 10.2 Å². The Labute approximate surface area is 142 Å². The van der Waals surface area contributed by atoms with Gasteiger partial charge in [-0.15, -0.1) is 0 Å². The summed E-state index contributed by atoms with van der Waals surface area (Å²) in [5.74, 6) is 0.509. The predicted molar refractivity (Wildman–Crippen MR) is 93.3 cm³/mol. The first kappa shape index (κ1) is 15.8. The topological polar surface area (TPSA) is 43.6 Å². The van der Waals surface area contributed by atoms with Crippen molar-refractivity contribution < 1.29 is 9.53 Å². The second-order valence-electron chi connectivity index (χ2n) is 4.93. The highest BCUT2D eigenvalue weighted by Crippen LogP contribution is 2.23. The molecule has 0 N–H and O–H groups in total. The number of carbonyl (C=O) groups excluding carboxylic acids is 1. The molecule has 6 heteroatoms. The fourth-order valence-corrected chi connectivity index (χ4v) is 3.49. The fourth-order valence-electron chi connectivity index (χ4n) is 2.25. The standard InChI is InChI=1S/C17H15ClN2O2S/c1-3-22-13-7-8-14-15(10-13)23-17(20(14)2)19-16(21)11-5-4-6-12(18)9-11/h4-10H,3H2,1-2H3. The third-order valence-corrected chi connectivity index (χ3v) is 4.69. The number of carbonyl (C=O) groups is 1. The van der Waals surface area contributed by atoms with Gasteiger partial charge in [0.15, 0.2) is 4.80 Å². The molecular formula is C17H15ClN2O2S. The predicted octanol–water partition coefficient (Wildman–Crippen LogP) is 4.03. The number of rotatable bonds is 3. The van der Waals surface area contributed by atoms with Gasteiger partial charge in [-0.3, -0.25) is 4.79 Å². The van der Waals surface area contributed by atoms with Crippen LogP contribution in [0.5, 0.6) is 5.75 Å². The van der Waals surface area contributed by atoms with Crippen LogP contribution >= 0.6 is 22.9 Å². The Bertz CT molecular complexity index is 943. The fraction of sp³-hybridized carbons (Fsp3) is 0.176. The van der Waals surface area contributed by atoms with E-state index in [1.54, 1.807) is 24.3 Å². The average Bonchev–Trinajstić information content (AvgIpc) is 2.83. The Morgan fingerprint density at radius 3 is 2.87 bits per heavy atom. The molecule has 0 fully saturated rings. The molecule has 1 amide bonds. The van der Waals surface area contributed by atoms with Crippen LogP contribution in [-0.4, -0.2) is 17.1 Å². The summed E-state index contributed by atoms with van der Waals surface area (Å²) >= 11 is 7.38. The van der Waals surface area contributed by atoms with E-state index in [0.29, 0.717) is 22.0 Å². The highest BCUT2D eigenvalue weighted by atomic mass is 35.5. The number of ether oxygens (including phenoxy) is 1. The number of fused-ring (bicyclic) bond motifs is 1. The second kappa shape index (κ2) is 6.56. The molecule has 0 unspecified atom stereocenters. The number of benzene rings is 2. The smallest absolute Gasteiger partial charge is 0.279 e. The van der Waals surface area contributed by atoms with Gasteiger partial charge in [-0.25, -0.2) is 0 Å². The monoisotopic (exact) mass is 346 g/mol. The molecule has 1 aromatic heterocycles. The van der Waals surface area contributed by atoms with Gasteiger partial charge < -0.3 is 9.30 Å². The first-order chi connectivity index (χ1) is 11.1. The molecule has 0 aliphatic heterocycles. The maximum Gasteiger partial charge on any atom is 0.279 e. The maximum atomic E-state index is 12.3. The molecule has 0 saturated heterocycles. The summed E-state index contributed by atoms with van der Waals surface area (Å²) in [5, 5.41) is 0.521. The van der Waals surface area contributed by atoms with Crippen LogP contribution in [0.1, 0.15) is 17.3 Å². The summed E-state index contributed by atoms with van der Waals surface area (Å²) in [6.07, 6.45) is 0. The minimum atomic E-state index is -0.306. The minimum Gasteiger partial charge on any atom is -0.494 e. The number of thiazole rings is 1. The molecule has 0 spiro atoms. The van der Waals surface area contributed by atoms with E-state index in [0.717, 1.165) is 16.0 Å². The van der Waals surface area contributed by atoms with Gasteiger partial charge >= 0.3 is 0 Å². The normalized spacial score (nSPS) is 11.9. The Morgan fingerprint density at radius 1 is 1.30 bits per heavy atom. The van der Waals surface area contributed by atoms with E-state index in [4.69, 9.17) is 16.3 Å². The summed E-state index contributed by atoms with van der Waals surface area (Å²) in [7, 11) is 1.89. The van der Waals surface area contributed by atoms with Crippen LogP contribution in [0.2, 0.25) is 5.02 Å². The van der Waals surface area contributed by atoms with Gasteiger partial charge in [-0.2, -0.15) is 4.99 Å². The highest BCUT2D eigenvalue weighted by Gasteiger charge is 2.08. The molecule has 1 heterocycles. The molecule has 0 bridgehead atoms. The highest BCUT2D eigenvalue weighted by molar-refractivity contribution is 7.16. The maximum absolute atomic E-state index is 12.3. The molecule has 0 saturated carbocycles. The first-order valence-corrected chi connectivity index (χ1v) is 8.35. The molecule has 0 atom stereocenters. The van der Waals surface area contributed by atoms with Crippen molar-refractivity contribution in [1.82, 2.24) is 4.57 Å². The lowest BCUT2D eigenvalue weighted by Gasteiger charge is -2.02. The zero-order valence-corrected chi connectivity index (χ0v) is 14.3. The Morgan fingerprint density at radius 2 is 2.13 bits per heavy atom. The van der Waals surface area contributed by atoms with Crippen LogP contribution in [0.3, 0.4) is 0 Å². The summed E-state index contributed by atoms with van der Waals surface area (Å²) in [6, 6.07) is 12.6. The average molecular weight is 347 g/mol. The van der Waals surface area contributed by atoms with Gasteiger partial charge in [-0.05, 0) is 43.3 Å². The van der Waals surface area contributed by atoms with E-state index in [1.807, 2.05) is 36.7 Å². The first-order valence-electron chi connectivity index (χ1n) is 7.15. The number of amides is 1. The van der Waals surface area contributed by atoms with Gasteiger partial charge in [0.05, 0.1) is 16.8 Å². The van der Waals surface area contributed by atoms with E-state index in [-0.39, 0.29) is 5.91 Å². The quantitative estimate of drug-likeness (QED) is 0.718. The van der Waals surface area contributed by atoms with Crippen molar-refractivity contribution in [3.63, 3.8) is 0 Å². The lowest BCUT2D eigenvalue weighted by molar-refractivity contribution is 0.0998. The Balaban J connectivity index is 2.05. The minimum absolute atomic E-state index is 0.306. The van der Waals surface area contributed by atoms with Crippen molar-refractivity contribution in [2.45, 2.75) is 6.92 Å². The van der Waals surface area contributed by atoms with Crippen molar-refractivity contribution in [2.24, 2.45) is 12.0 Å². The van der Waals surface area contributed by atoms with Crippen molar-refractivity contribution in [1.29, 1.82) is 0 Å². The number of hydrogen-bond donors (Lipinski definition) is 0. The Hall–Kier alpha value is -2.11. The number of halogens is 1. The molecule has 4 nitrogen and oxygen atoms in total. The lowest BCUT2D eigenvalue weighted by atomic mass is 10.2.